The highest BCUT2D eigenvalue weighted by molar-refractivity contribution is 7.92. The zero-order valence-corrected chi connectivity index (χ0v) is 20.3. The van der Waals surface area contributed by atoms with E-state index in [-0.39, 0.29) is 27.6 Å². The van der Waals surface area contributed by atoms with Gasteiger partial charge in [0.1, 0.15) is 16.5 Å². The van der Waals surface area contributed by atoms with E-state index in [4.69, 9.17) is 5.73 Å². The van der Waals surface area contributed by atoms with Crippen LogP contribution in [0.15, 0.2) is 57.8 Å². The number of hydrogen-bond acceptors (Lipinski definition) is 7. The number of nitrogens with two attached hydrogens (primary N) is 1. The number of rotatable bonds is 5. The molecule has 0 bridgehead atoms. The van der Waals surface area contributed by atoms with Crippen LogP contribution >= 0.6 is 11.3 Å². The molecule has 3 aromatic heterocycles. The van der Waals surface area contributed by atoms with Crippen LogP contribution in [0, 0.1) is 17.5 Å². The molecule has 0 aliphatic heterocycles. The Morgan fingerprint density at radius 3 is 2.59 bits per heavy atom. The minimum absolute atomic E-state index is 0.0224. The van der Waals surface area contributed by atoms with Crippen LogP contribution in [0.5, 0.6) is 0 Å². The van der Waals surface area contributed by atoms with Gasteiger partial charge in [0, 0.05) is 23.7 Å². The summed E-state index contributed by atoms with van der Waals surface area (Å²) in [7, 11) is -4.62. The molecule has 1 saturated carbocycles. The Labute approximate surface area is 211 Å². The van der Waals surface area contributed by atoms with Crippen molar-refractivity contribution in [1.29, 1.82) is 0 Å². The molecule has 2 aromatic carbocycles. The van der Waals surface area contributed by atoms with Crippen molar-refractivity contribution >= 4 is 54.0 Å². The lowest BCUT2D eigenvalue weighted by Crippen LogP contribution is -2.23. The van der Waals surface area contributed by atoms with E-state index in [2.05, 4.69) is 9.97 Å². The SMILES string of the molecule is Nc1cc2c(cn1)cc(-c1c(F)ccc(NS(=O)(=O)c3ccc4ncsc4c3F)c1F)c(=O)n2C1CC1. The average Bonchev–Trinajstić information content (AvgIpc) is 3.56. The molecule has 0 saturated heterocycles. The fourth-order valence-corrected chi connectivity index (χ4v) is 6.22. The van der Waals surface area contributed by atoms with Gasteiger partial charge in [-0.25, -0.2) is 31.6 Å². The van der Waals surface area contributed by atoms with Gasteiger partial charge >= 0.3 is 0 Å². The number of nitrogen functional groups attached to an aromatic ring is 1. The van der Waals surface area contributed by atoms with Crippen LogP contribution in [0.4, 0.5) is 24.7 Å². The second kappa shape index (κ2) is 8.28. The zero-order chi connectivity index (χ0) is 26.1. The summed E-state index contributed by atoms with van der Waals surface area (Å²) < 4.78 is 75.0. The number of sulfonamides is 1. The van der Waals surface area contributed by atoms with Gasteiger partial charge in [0.05, 0.1) is 38.1 Å². The molecule has 0 unspecified atom stereocenters. The summed E-state index contributed by atoms with van der Waals surface area (Å²) in [6.07, 6.45) is 2.82. The third-order valence-electron chi connectivity index (χ3n) is 6.15. The van der Waals surface area contributed by atoms with E-state index in [0.717, 1.165) is 29.5 Å². The van der Waals surface area contributed by atoms with Crippen molar-refractivity contribution in [3.8, 4) is 11.1 Å². The highest BCUT2D eigenvalue weighted by atomic mass is 32.2. The van der Waals surface area contributed by atoms with E-state index in [0.29, 0.717) is 23.7 Å². The van der Waals surface area contributed by atoms with E-state index in [1.165, 1.54) is 34.5 Å². The molecule has 0 spiro atoms. The molecule has 1 aliphatic rings. The van der Waals surface area contributed by atoms with Crippen LogP contribution in [-0.2, 0) is 10.0 Å². The number of nitrogens with zero attached hydrogens (tertiary/aromatic N) is 3. The van der Waals surface area contributed by atoms with Crippen LogP contribution < -0.4 is 16.0 Å². The number of hydrogen-bond donors (Lipinski definition) is 2. The molecule has 8 nitrogen and oxygen atoms in total. The first-order valence-electron chi connectivity index (χ1n) is 11.0. The number of nitrogens with one attached hydrogen (secondary N) is 1. The summed E-state index contributed by atoms with van der Waals surface area (Å²) in [5, 5.41) is 0.431. The van der Waals surface area contributed by atoms with E-state index in [9.17, 15) is 17.6 Å². The maximum atomic E-state index is 15.7. The third kappa shape index (κ3) is 3.81. The second-order valence-corrected chi connectivity index (χ2v) is 11.1. The molecule has 0 atom stereocenters. The third-order valence-corrected chi connectivity index (χ3v) is 8.37. The van der Waals surface area contributed by atoms with Crippen molar-refractivity contribution in [3.05, 3.63) is 75.9 Å². The maximum absolute atomic E-state index is 15.7. The number of thiazole rings is 1. The van der Waals surface area contributed by atoms with E-state index < -0.39 is 49.2 Å². The first-order chi connectivity index (χ1) is 17.7. The number of anilines is 2. The number of halogens is 3. The topological polar surface area (TPSA) is 120 Å². The summed E-state index contributed by atoms with van der Waals surface area (Å²) in [5.41, 5.74) is 5.59. The van der Waals surface area contributed by atoms with Gasteiger partial charge in [-0.15, -0.1) is 11.3 Å². The first-order valence-corrected chi connectivity index (χ1v) is 13.4. The summed E-state index contributed by atoms with van der Waals surface area (Å²) in [6.45, 7) is 0. The summed E-state index contributed by atoms with van der Waals surface area (Å²) >= 11 is 0.915. The number of fused-ring (bicyclic) bond motifs is 2. The molecule has 0 radical (unpaired) electrons. The smallest absolute Gasteiger partial charge is 0.264 e. The minimum Gasteiger partial charge on any atom is -0.384 e. The van der Waals surface area contributed by atoms with Gasteiger partial charge in [0.2, 0.25) is 0 Å². The first kappa shape index (κ1) is 23.4. The fraction of sp³-hybridized carbons (Fsp3) is 0.125. The molecule has 5 aromatic rings. The maximum Gasteiger partial charge on any atom is 0.264 e. The quantitative estimate of drug-likeness (QED) is 0.328. The average molecular weight is 544 g/mol. The fourth-order valence-electron chi connectivity index (χ4n) is 4.28. The number of aromatic nitrogens is 3. The van der Waals surface area contributed by atoms with Gasteiger partial charge in [-0.1, -0.05) is 0 Å². The Morgan fingerprint density at radius 1 is 1.05 bits per heavy atom. The lowest BCUT2D eigenvalue weighted by molar-refractivity contribution is 0.574. The number of pyridine rings is 2. The molecule has 0 amide bonds. The molecule has 3 heterocycles. The zero-order valence-electron chi connectivity index (χ0n) is 18.7. The van der Waals surface area contributed by atoms with Crippen LogP contribution in [0.2, 0.25) is 0 Å². The molecule has 3 N–H and O–H groups in total. The molecule has 13 heteroatoms. The molecule has 1 aliphatic carbocycles. The predicted octanol–water partition coefficient (Wildman–Crippen LogP) is 4.81. The van der Waals surface area contributed by atoms with Gasteiger partial charge in [0.15, 0.2) is 11.6 Å². The van der Waals surface area contributed by atoms with E-state index >= 15 is 8.78 Å². The van der Waals surface area contributed by atoms with Crippen molar-refractivity contribution in [1.82, 2.24) is 14.5 Å². The molecule has 37 heavy (non-hydrogen) atoms. The summed E-state index contributed by atoms with van der Waals surface area (Å²) in [5.74, 6) is -3.24. The van der Waals surface area contributed by atoms with E-state index in [1.54, 1.807) is 0 Å². The normalized spacial score (nSPS) is 13.9. The standard InChI is InChI=1S/C24H16F3N5O3S2/c25-14-3-4-15(31-37(34,35)18-6-5-16-23(22(18)27)36-10-30-16)21(26)20(14)13-7-11-9-29-19(28)8-17(11)32(24(13)33)12-1-2-12/h3-10,12,31H,1-2H2,(H2,28,29). The summed E-state index contributed by atoms with van der Waals surface area (Å²) in [4.78, 5) is 20.6. The van der Waals surface area contributed by atoms with Crippen molar-refractivity contribution in [2.24, 2.45) is 0 Å². The van der Waals surface area contributed by atoms with Gasteiger partial charge in [-0.2, -0.15) is 0 Å². The van der Waals surface area contributed by atoms with E-state index in [1.807, 2.05) is 4.72 Å². The van der Waals surface area contributed by atoms with Gasteiger partial charge in [0.25, 0.3) is 15.6 Å². The molecule has 188 valence electrons. The lowest BCUT2D eigenvalue weighted by atomic mass is 10.0. The van der Waals surface area contributed by atoms with Crippen LogP contribution in [-0.4, -0.2) is 23.0 Å². The highest BCUT2D eigenvalue weighted by Crippen LogP contribution is 2.38. The Balaban J connectivity index is 1.50. The number of benzene rings is 2. The summed E-state index contributed by atoms with van der Waals surface area (Å²) in [6, 6.07) is 6.70. The lowest BCUT2D eigenvalue weighted by Gasteiger charge is -2.15. The largest absolute Gasteiger partial charge is 0.384 e. The Kier molecular flexibility index (Phi) is 5.24. The van der Waals surface area contributed by atoms with Crippen molar-refractivity contribution in [2.45, 2.75) is 23.8 Å². The molecular weight excluding hydrogens is 527 g/mol. The monoisotopic (exact) mass is 543 g/mol. The van der Waals surface area contributed by atoms with Crippen LogP contribution in [0.1, 0.15) is 18.9 Å². The Morgan fingerprint density at radius 2 is 1.84 bits per heavy atom. The van der Waals surface area contributed by atoms with Gasteiger partial charge in [-0.05, 0) is 43.2 Å². The van der Waals surface area contributed by atoms with Crippen molar-refractivity contribution < 1.29 is 21.6 Å². The predicted molar refractivity (Wildman–Crippen MR) is 134 cm³/mol. The van der Waals surface area contributed by atoms with Crippen LogP contribution in [0.3, 0.4) is 0 Å². The Hall–Kier alpha value is -3.97. The van der Waals surface area contributed by atoms with Crippen molar-refractivity contribution in [2.75, 3.05) is 10.5 Å². The molecular formula is C24H16F3N5O3S2. The van der Waals surface area contributed by atoms with Gasteiger partial charge in [-0.3, -0.25) is 9.52 Å². The van der Waals surface area contributed by atoms with Crippen LogP contribution in [0.25, 0.3) is 32.2 Å². The Bertz CT molecular complexity index is 1920. The molecule has 1 fully saturated rings. The second-order valence-electron chi connectivity index (χ2n) is 8.60. The highest BCUT2D eigenvalue weighted by Gasteiger charge is 2.30. The molecule has 6 rings (SSSR count). The van der Waals surface area contributed by atoms with Crippen molar-refractivity contribution in [3.63, 3.8) is 0 Å². The van der Waals surface area contributed by atoms with Gasteiger partial charge < -0.3 is 10.3 Å². The minimum atomic E-state index is -4.62.